The molecule has 0 bridgehead atoms. The van der Waals surface area contributed by atoms with Gasteiger partial charge in [0.2, 0.25) is 0 Å². The van der Waals surface area contributed by atoms with Gasteiger partial charge in [-0.1, -0.05) is 5.16 Å². The summed E-state index contributed by atoms with van der Waals surface area (Å²) >= 11 is 0. The van der Waals surface area contributed by atoms with Crippen LogP contribution >= 0.6 is 0 Å². The lowest BCUT2D eigenvalue weighted by molar-refractivity contribution is -0.401. The van der Waals surface area contributed by atoms with Gasteiger partial charge in [0.15, 0.2) is 11.5 Å². The highest BCUT2D eigenvalue weighted by atomic mass is 16.6. The minimum atomic E-state index is -0.604. The maximum Gasteiger partial charge on any atom is 0.433 e. The van der Waals surface area contributed by atoms with Crippen molar-refractivity contribution in [1.82, 2.24) is 10.1 Å². The van der Waals surface area contributed by atoms with E-state index in [0.717, 1.165) is 5.56 Å². The van der Waals surface area contributed by atoms with E-state index in [2.05, 4.69) is 10.1 Å². The predicted octanol–water partition coefficient (Wildman–Crippen LogP) is 2.90. The zero-order chi connectivity index (χ0) is 13.2. The van der Waals surface area contributed by atoms with E-state index in [1.807, 2.05) is 0 Å². The molecule has 0 N–H and O–H groups in total. The predicted molar refractivity (Wildman–Crippen MR) is 64.1 cm³/mol. The summed E-state index contributed by atoms with van der Waals surface area (Å²) in [7, 11) is 0. The van der Waals surface area contributed by atoms with Gasteiger partial charge in [-0.2, -0.15) is 0 Å². The highest BCUT2D eigenvalue weighted by Crippen LogP contribution is 2.28. The third-order valence-corrected chi connectivity index (χ3v) is 2.50. The molecule has 0 aliphatic heterocycles. The first-order valence-corrected chi connectivity index (χ1v) is 5.36. The second-order valence-corrected chi connectivity index (χ2v) is 3.71. The van der Waals surface area contributed by atoms with E-state index in [-0.39, 0.29) is 11.6 Å². The van der Waals surface area contributed by atoms with Gasteiger partial charge >= 0.3 is 5.88 Å². The Morgan fingerprint density at radius 3 is 2.58 bits per heavy atom. The molecule has 0 radical (unpaired) electrons. The number of furan rings is 1. The molecule has 3 aromatic heterocycles. The van der Waals surface area contributed by atoms with Gasteiger partial charge in [-0.25, -0.2) is 0 Å². The van der Waals surface area contributed by atoms with Crippen LogP contribution in [0.5, 0.6) is 0 Å². The zero-order valence-corrected chi connectivity index (χ0v) is 9.52. The van der Waals surface area contributed by atoms with Crippen molar-refractivity contribution in [3.05, 3.63) is 52.8 Å². The van der Waals surface area contributed by atoms with Crippen LogP contribution in [0.3, 0.4) is 0 Å². The van der Waals surface area contributed by atoms with E-state index >= 15 is 0 Å². The van der Waals surface area contributed by atoms with Crippen LogP contribution < -0.4 is 0 Å². The highest BCUT2D eigenvalue weighted by Gasteiger charge is 2.16. The third kappa shape index (κ3) is 2.08. The van der Waals surface area contributed by atoms with Crippen molar-refractivity contribution < 1.29 is 13.9 Å². The average molecular weight is 257 g/mol. The molecule has 0 saturated heterocycles. The molecule has 7 heteroatoms. The number of nitrogens with zero attached hydrogens (tertiary/aromatic N) is 3. The topological polar surface area (TPSA) is 95.2 Å². The van der Waals surface area contributed by atoms with Crippen LogP contribution in [-0.2, 0) is 0 Å². The largest absolute Gasteiger partial charge is 0.433 e. The van der Waals surface area contributed by atoms with Gasteiger partial charge < -0.3 is 8.94 Å². The number of hydrogen-bond acceptors (Lipinski definition) is 6. The molecule has 7 nitrogen and oxygen atoms in total. The first-order valence-electron chi connectivity index (χ1n) is 5.36. The first kappa shape index (κ1) is 11.1. The summed E-state index contributed by atoms with van der Waals surface area (Å²) in [6.45, 7) is 0. The molecule has 3 heterocycles. The molecule has 0 aliphatic rings. The van der Waals surface area contributed by atoms with Gasteiger partial charge in [0.05, 0.1) is 6.07 Å². The number of rotatable bonds is 3. The van der Waals surface area contributed by atoms with Crippen molar-refractivity contribution in [1.29, 1.82) is 0 Å². The maximum absolute atomic E-state index is 10.5. The van der Waals surface area contributed by atoms with E-state index in [4.69, 9.17) is 8.94 Å². The molecular formula is C12H7N3O4. The van der Waals surface area contributed by atoms with Crippen LogP contribution in [0.15, 0.2) is 51.7 Å². The quantitative estimate of drug-likeness (QED) is 0.528. The Bertz CT molecular complexity index is 717. The average Bonchev–Trinajstić information content (AvgIpc) is 3.09. The Morgan fingerprint density at radius 1 is 1.11 bits per heavy atom. The molecule has 0 atom stereocenters. The normalized spacial score (nSPS) is 10.5. The summed E-state index contributed by atoms with van der Waals surface area (Å²) in [5, 5.41) is 14.4. The van der Waals surface area contributed by atoms with Gasteiger partial charge in [-0.15, -0.1) is 0 Å². The van der Waals surface area contributed by atoms with Crippen LogP contribution in [0.1, 0.15) is 0 Å². The molecule has 0 aliphatic carbocycles. The number of aromatic nitrogens is 2. The molecule has 94 valence electrons. The summed E-state index contributed by atoms with van der Waals surface area (Å²) in [6.07, 6.45) is 3.27. The van der Waals surface area contributed by atoms with Gasteiger partial charge in [0.25, 0.3) is 0 Å². The van der Waals surface area contributed by atoms with Gasteiger partial charge in [0.1, 0.15) is 10.6 Å². The summed E-state index contributed by atoms with van der Waals surface area (Å²) < 4.78 is 10.2. The smallest absolute Gasteiger partial charge is 0.399 e. The summed E-state index contributed by atoms with van der Waals surface area (Å²) in [6, 6.07) is 7.95. The van der Waals surface area contributed by atoms with Crippen LogP contribution in [0.25, 0.3) is 22.8 Å². The Kier molecular flexibility index (Phi) is 2.57. The molecule has 0 amide bonds. The molecule has 0 saturated carbocycles. The second-order valence-electron chi connectivity index (χ2n) is 3.71. The summed E-state index contributed by atoms with van der Waals surface area (Å²) in [4.78, 5) is 13.8. The van der Waals surface area contributed by atoms with Crippen molar-refractivity contribution in [2.24, 2.45) is 0 Å². The molecule has 3 aromatic rings. The molecule has 0 unspecified atom stereocenters. The van der Waals surface area contributed by atoms with Crippen molar-refractivity contribution in [3.63, 3.8) is 0 Å². The van der Waals surface area contributed by atoms with Gasteiger partial charge in [-0.3, -0.25) is 15.1 Å². The minimum Gasteiger partial charge on any atom is -0.399 e. The third-order valence-electron chi connectivity index (χ3n) is 2.50. The Hall–Kier alpha value is -2.96. The monoisotopic (exact) mass is 257 g/mol. The SMILES string of the molecule is O=[N+]([O-])c1ccc(-c2cc(-c3ccncc3)on2)o1. The van der Waals surface area contributed by atoms with Crippen LogP contribution in [0.4, 0.5) is 5.88 Å². The van der Waals surface area contributed by atoms with Crippen LogP contribution in [-0.4, -0.2) is 15.1 Å². The van der Waals surface area contributed by atoms with Crippen molar-refractivity contribution in [3.8, 4) is 22.8 Å². The molecule has 0 spiro atoms. The maximum atomic E-state index is 10.5. The lowest BCUT2D eigenvalue weighted by Gasteiger charge is -1.90. The standard InChI is InChI=1S/C12H7N3O4/c16-15(17)12-2-1-10(18-12)9-7-11(19-14-9)8-3-5-13-6-4-8/h1-7H. The fourth-order valence-electron chi connectivity index (χ4n) is 1.61. The number of pyridine rings is 1. The highest BCUT2D eigenvalue weighted by molar-refractivity contribution is 5.63. The van der Waals surface area contributed by atoms with E-state index < -0.39 is 4.92 Å². The molecular weight excluding hydrogens is 250 g/mol. The van der Waals surface area contributed by atoms with Crippen molar-refractivity contribution in [2.75, 3.05) is 0 Å². The number of hydrogen-bond donors (Lipinski definition) is 0. The first-order chi connectivity index (χ1) is 9.24. The fraction of sp³-hybridized carbons (Fsp3) is 0. The second kappa shape index (κ2) is 4.37. The van der Waals surface area contributed by atoms with Gasteiger partial charge in [-0.05, 0) is 18.2 Å². The molecule has 3 rings (SSSR count). The Labute approximate surface area is 106 Å². The fourth-order valence-corrected chi connectivity index (χ4v) is 1.61. The zero-order valence-electron chi connectivity index (χ0n) is 9.52. The van der Waals surface area contributed by atoms with E-state index in [0.29, 0.717) is 11.5 Å². The van der Waals surface area contributed by atoms with E-state index in [1.165, 1.54) is 12.1 Å². The van der Waals surface area contributed by atoms with Crippen molar-refractivity contribution in [2.45, 2.75) is 0 Å². The molecule has 0 fully saturated rings. The van der Waals surface area contributed by atoms with E-state index in [1.54, 1.807) is 30.6 Å². The Balaban J connectivity index is 1.94. The lowest BCUT2D eigenvalue weighted by atomic mass is 10.2. The minimum absolute atomic E-state index is 0.288. The summed E-state index contributed by atoms with van der Waals surface area (Å²) in [5.74, 6) is 0.496. The van der Waals surface area contributed by atoms with E-state index in [9.17, 15) is 10.1 Å². The summed E-state index contributed by atoms with van der Waals surface area (Å²) in [5.41, 5.74) is 1.22. The van der Waals surface area contributed by atoms with Crippen LogP contribution in [0, 0.1) is 10.1 Å². The molecule has 0 aromatic carbocycles. The van der Waals surface area contributed by atoms with Crippen LogP contribution in [0.2, 0.25) is 0 Å². The Morgan fingerprint density at radius 2 is 1.89 bits per heavy atom. The lowest BCUT2D eigenvalue weighted by Crippen LogP contribution is -1.82. The molecule has 19 heavy (non-hydrogen) atoms. The number of nitro groups is 1. The van der Waals surface area contributed by atoms with Crippen molar-refractivity contribution >= 4 is 5.88 Å². The van der Waals surface area contributed by atoms with Gasteiger partial charge in [0, 0.05) is 24.0 Å².